The van der Waals surface area contributed by atoms with Crippen LogP contribution in [0.25, 0.3) is 0 Å². The third-order valence-corrected chi connectivity index (χ3v) is 6.56. The summed E-state index contributed by atoms with van der Waals surface area (Å²) < 4.78 is 137. The van der Waals surface area contributed by atoms with Gasteiger partial charge in [-0.15, -0.1) is 0 Å². The van der Waals surface area contributed by atoms with Gasteiger partial charge in [0.2, 0.25) is 0 Å². The van der Waals surface area contributed by atoms with Gasteiger partial charge in [-0.25, -0.2) is 4.79 Å². The lowest BCUT2D eigenvalue weighted by Crippen LogP contribution is -2.54. The van der Waals surface area contributed by atoms with Crippen molar-refractivity contribution < 1.29 is 58.4 Å². The molecular formula is C22H29BF9N3O4. The number of rotatable bonds is 8. The molecule has 0 bridgehead atoms. The van der Waals surface area contributed by atoms with E-state index in [0.717, 1.165) is 19.2 Å². The van der Waals surface area contributed by atoms with Gasteiger partial charge in [0.1, 0.15) is 11.8 Å². The van der Waals surface area contributed by atoms with E-state index in [0.29, 0.717) is 0 Å². The maximum Gasteiger partial charge on any atom is 0.498 e. The van der Waals surface area contributed by atoms with Crippen molar-refractivity contribution in [3.63, 3.8) is 0 Å². The molecule has 0 aliphatic carbocycles. The molecule has 222 valence electrons. The molecule has 1 aromatic heterocycles. The Balaban J connectivity index is 2.49. The highest BCUT2D eigenvalue weighted by Gasteiger charge is 2.54. The number of methoxy groups -OCH3 is 1. The third-order valence-electron chi connectivity index (χ3n) is 6.56. The molecule has 0 saturated carbocycles. The van der Waals surface area contributed by atoms with E-state index in [1.54, 1.807) is 27.7 Å². The van der Waals surface area contributed by atoms with Gasteiger partial charge in [0, 0.05) is 18.4 Å². The lowest BCUT2D eigenvalue weighted by atomic mass is 9.78. The Labute approximate surface area is 219 Å². The van der Waals surface area contributed by atoms with Gasteiger partial charge in [0.15, 0.2) is 6.04 Å². The standard InChI is InChI=1S/C22H29BF9N3O4/c1-7-35(17(36)34-15(21(27,28)29)8-9-20(24,25)26)16(22(30,31)32)13-10-12(14(37-6)11-33-13)23-38-18(2,3)19(4,5)39-23/h10-11,15-16H,7-9H2,1-6H3,(H,34,36)/t15-,16-/m0/s1. The van der Waals surface area contributed by atoms with E-state index in [9.17, 15) is 44.3 Å². The molecule has 0 aromatic carbocycles. The van der Waals surface area contributed by atoms with Crippen molar-refractivity contribution in [1.29, 1.82) is 0 Å². The molecular weight excluding hydrogens is 552 g/mol. The highest BCUT2D eigenvalue weighted by atomic mass is 19.4. The highest BCUT2D eigenvalue weighted by molar-refractivity contribution is 6.63. The second kappa shape index (κ2) is 11.2. The van der Waals surface area contributed by atoms with Crippen LogP contribution in [0.1, 0.15) is 59.2 Å². The number of hydrogen-bond donors (Lipinski definition) is 1. The van der Waals surface area contributed by atoms with Gasteiger partial charge < -0.3 is 24.3 Å². The molecule has 7 nitrogen and oxygen atoms in total. The summed E-state index contributed by atoms with van der Waals surface area (Å²) in [7, 11) is -0.00193. The van der Waals surface area contributed by atoms with E-state index in [1.165, 1.54) is 12.4 Å². The molecule has 1 saturated heterocycles. The Morgan fingerprint density at radius 1 is 1.05 bits per heavy atom. The number of urea groups is 1. The number of hydrogen-bond acceptors (Lipinski definition) is 5. The summed E-state index contributed by atoms with van der Waals surface area (Å²) in [5.41, 5.74) is -2.61. The minimum atomic E-state index is -5.35. The maximum atomic E-state index is 14.3. The molecule has 0 unspecified atom stereocenters. The molecule has 39 heavy (non-hydrogen) atoms. The van der Waals surface area contributed by atoms with Crippen molar-refractivity contribution in [2.45, 2.75) is 89.3 Å². The van der Waals surface area contributed by atoms with E-state index >= 15 is 0 Å². The SMILES string of the molecule is CCN(C(=O)N[C@@H](CCC(F)(F)F)C(F)(F)F)[C@@H](c1cc(B2OC(C)(C)C(C)(C)O2)c(OC)cn1)C(F)(F)F. The zero-order chi connectivity index (χ0) is 30.2. The van der Waals surface area contributed by atoms with E-state index in [1.807, 2.05) is 0 Å². The van der Waals surface area contributed by atoms with Gasteiger partial charge in [-0.2, -0.15) is 39.5 Å². The molecule has 1 aromatic rings. The van der Waals surface area contributed by atoms with Gasteiger partial charge in [0.25, 0.3) is 0 Å². The highest BCUT2D eigenvalue weighted by Crippen LogP contribution is 2.40. The van der Waals surface area contributed by atoms with Crippen molar-refractivity contribution in [2.24, 2.45) is 0 Å². The fourth-order valence-corrected chi connectivity index (χ4v) is 3.75. The smallest absolute Gasteiger partial charge is 0.496 e. The quantitative estimate of drug-likeness (QED) is 0.334. The Hall–Kier alpha value is -2.43. The van der Waals surface area contributed by atoms with Gasteiger partial charge in [-0.05, 0) is 47.1 Å². The topological polar surface area (TPSA) is 72.9 Å². The largest absolute Gasteiger partial charge is 0.498 e. The lowest BCUT2D eigenvalue weighted by Gasteiger charge is -2.34. The Bertz CT molecular complexity index is 1000. The number of halogens is 9. The number of pyridine rings is 1. The predicted molar refractivity (Wildman–Crippen MR) is 121 cm³/mol. The fraction of sp³-hybridized carbons (Fsp3) is 0.727. The number of aromatic nitrogens is 1. The number of carbonyl (C=O) groups is 1. The van der Waals surface area contributed by atoms with E-state index in [2.05, 4.69) is 4.98 Å². The van der Waals surface area contributed by atoms with Crippen LogP contribution in [0.5, 0.6) is 5.75 Å². The summed E-state index contributed by atoms with van der Waals surface area (Å²) in [4.78, 5) is 16.4. The monoisotopic (exact) mass is 581 g/mol. The van der Waals surface area contributed by atoms with Crippen molar-refractivity contribution in [2.75, 3.05) is 13.7 Å². The average Bonchev–Trinajstić information content (AvgIpc) is 2.98. The Kier molecular flexibility index (Phi) is 9.43. The predicted octanol–water partition coefficient (Wildman–Crippen LogP) is 5.30. The molecule has 0 radical (unpaired) electrons. The van der Waals surface area contributed by atoms with Crippen molar-refractivity contribution in [3.05, 3.63) is 18.0 Å². The molecule has 1 aliphatic rings. The van der Waals surface area contributed by atoms with Crippen LogP contribution in [-0.4, -0.2) is 72.5 Å². The summed E-state index contributed by atoms with van der Waals surface area (Å²) in [6.45, 7) is 7.07. The number of carbonyl (C=O) groups excluding carboxylic acids is 1. The zero-order valence-corrected chi connectivity index (χ0v) is 21.9. The summed E-state index contributed by atoms with van der Waals surface area (Å²) in [6.07, 6.45) is -18.2. The van der Waals surface area contributed by atoms with Crippen LogP contribution in [0.15, 0.2) is 12.3 Å². The number of nitrogens with one attached hydrogen (secondary N) is 1. The van der Waals surface area contributed by atoms with Crippen LogP contribution in [0.4, 0.5) is 44.3 Å². The molecule has 1 aliphatic heterocycles. The van der Waals surface area contributed by atoms with Crippen LogP contribution in [0, 0.1) is 0 Å². The summed E-state index contributed by atoms with van der Waals surface area (Å²) >= 11 is 0. The molecule has 2 heterocycles. The molecule has 2 atom stereocenters. The fourth-order valence-electron chi connectivity index (χ4n) is 3.75. The number of nitrogens with zero attached hydrogens (tertiary/aromatic N) is 2. The van der Waals surface area contributed by atoms with E-state index in [4.69, 9.17) is 14.0 Å². The Morgan fingerprint density at radius 3 is 2.00 bits per heavy atom. The Morgan fingerprint density at radius 2 is 1.59 bits per heavy atom. The van der Waals surface area contributed by atoms with Gasteiger partial charge in [0.05, 0.1) is 30.2 Å². The first-order chi connectivity index (χ1) is 17.5. The van der Waals surface area contributed by atoms with Gasteiger partial charge in [-0.1, -0.05) is 0 Å². The van der Waals surface area contributed by atoms with Crippen molar-refractivity contribution in [3.8, 4) is 5.75 Å². The van der Waals surface area contributed by atoms with Crippen molar-refractivity contribution >= 4 is 18.6 Å². The molecule has 0 spiro atoms. The zero-order valence-electron chi connectivity index (χ0n) is 21.9. The van der Waals surface area contributed by atoms with E-state index in [-0.39, 0.29) is 16.1 Å². The van der Waals surface area contributed by atoms with Crippen molar-refractivity contribution in [1.82, 2.24) is 15.2 Å². The first kappa shape index (κ1) is 32.8. The maximum absolute atomic E-state index is 14.3. The molecule has 1 fully saturated rings. The second-order valence-corrected chi connectivity index (χ2v) is 9.87. The average molecular weight is 581 g/mol. The molecule has 2 amide bonds. The van der Waals surface area contributed by atoms with Crippen LogP contribution >= 0.6 is 0 Å². The summed E-state index contributed by atoms with van der Waals surface area (Å²) in [5, 5.41) is 1.28. The molecule has 1 N–H and O–H groups in total. The summed E-state index contributed by atoms with van der Waals surface area (Å²) in [6, 6.07) is -6.89. The minimum Gasteiger partial charge on any atom is -0.496 e. The van der Waals surface area contributed by atoms with Crippen LogP contribution in [0.2, 0.25) is 0 Å². The second-order valence-electron chi connectivity index (χ2n) is 9.87. The number of alkyl halides is 9. The first-order valence-electron chi connectivity index (χ1n) is 11.7. The summed E-state index contributed by atoms with van der Waals surface area (Å²) in [5.74, 6) is -0.0186. The third kappa shape index (κ3) is 7.83. The van der Waals surface area contributed by atoms with Gasteiger partial charge in [-0.3, -0.25) is 4.98 Å². The number of ether oxygens (including phenoxy) is 1. The van der Waals surface area contributed by atoms with E-state index < -0.39 is 80.0 Å². The normalized spacial score (nSPS) is 19.0. The minimum absolute atomic E-state index is 0.00908. The molecule has 2 rings (SSSR count). The number of amides is 2. The van der Waals surface area contributed by atoms with Crippen LogP contribution in [0.3, 0.4) is 0 Å². The van der Waals surface area contributed by atoms with Gasteiger partial charge >= 0.3 is 31.7 Å². The van der Waals surface area contributed by atoms with Crippen LogP contribution < -0.4 is 15.5 Å². The first-order valence-corrected chi connectivity index (χ1v) is 11.7. The lowest BCUT2D eigenvalue weighted by molar-refractivity contribution is -0.182. The molecule has 17 heteroatoms. The van der Waals surface area contributed by atoms with Crippen LogP contribution in [-0.2, 0) is 9.31 Å².